The van der Waals surface area contributed by atoms with Crippen LogP contribution in [0, 0.1) is 0 Å². The van der Waals surface area contributed by atoms with Crippen molar-refractivity contribution in [2.45, 2.75) is 42.2 Å². The van der Waals surface area contributed by atoms with Crippen LogP contribution in [0.15, 0.2) is 35.4 Å². The third kappa shape index (κ3) is 5.25. The first-order chi connectivity index (χ1) is 12.3. The number of ether oxygens (including phenoxy) is 1. The Morgan fingerprint density at radius 2 is 2.00 bits per heavy atom. The molecule has 0 spiro atoms. The van der Waals surface area contributed by atoms with E-state index in [2.05, 4.69) is 15.3 Å². The average molecular weight is 385 g/mol. The number of hydrogen-bond acceptors (Lipinski definition) is 6. The number of alkyl halides is 3. The van der Waals surface area contributed by atoms with Crippen molar-refractivity contribution >= 4 is 23.4 Å². The molecule has 1 aliphatic carbocycles. The van der Waals surface area contributed by atoms with Gasteiger partial charge in [-0.3, -0.25) is 0 Å². The molecule has 2 N–H and O–H groups in total. The van der Waals surface area contributed by atoms with Crippen molar-refractivity contribution < 1.29 is 23.0 Å². The van der Waals surface area contributed by atoms with Gasteiger partial charge in [-0.1, -0.05) is 0 Å². The van der Waals surface area contributed by atoms with Crippen LogP contribution in [0.3, 0.4) is 0 Å². The van der Waals surface area contributed by atoms with Crippen LogP contribution in [-0.2, 0) is 6.18 Å². The average Bonchev–Trinajstić information content (AvgIpc) is 3.38. The van der Waals surface area contributed by atoms with Crippen molar-refractivity contribution in [2.24, 2.45) is 0 Å². The highest BCUT2D eigenvalue weighted by Gasteiger charge is 2.36. The van der Waals surface area contributed by atoms with Crippen molar-refractivity contribution in [2.75, 3.05) is 11.9 Å². The fourth-order valence-electron chi connectivity index (χ4n) is 2.05. The SMILES string of the molecule is C[C@@H](O)COc1nc(Nc2ccc(SC3CC3)cc2)ncc1C(F)(F)F. The van der Waals surface area contributed by atoms with Crippen molar-refractivity contribution in [3.05, 3.63) is 36.0 Å². The summed E-state index contributed by atoms with van der Waals surface area (Å²) in [6, 6.07) is 7.53. The monoisotopic (exact) mass is 385 g/mol. The lowest BCUT2D eigenvalue weighted by Crippen LogP contribution is -2.17. The summed E-state index contributed by atoms with van der Waals surface area (Å²) in [5, 5.41) is 12.8. The normalized spacial score (nSPS) is 15.6. The van der Waals surface area contributed by atoms with Gasteiger partial charge in [0.05, 0.1) is 6.10 Å². The number of hydrogen-bond donors (Lipinski definition) is 2. The minimum absolute atomic E-state index is 0.0128. The zero-order valence-corrected chi connectivity index (χ0v) is 14.8. The summed E-state index contributed by atoms with van der Waals surface area (Å²) in [5.74, 6) is -0.627. The van der Waals surface area contributed by atoms with Gasteiger partial charge in [0.1, 0.15) is 12.2 Å². The van der Waals surface area contributed by atoms with Crippen LogP contribution in [0.4, 0.5) is 24.8 Å². The van der Waals surface area contributed by atoms with E-state index < -0.39 is 23.7 Å². The fraction of sp³-hybridized carbons (Fsp3) is 0.412. The van der Waals surface area contributed by atoms with E-state index in [1.165, 1.54) is 19.8 Å². The molecule has 9 heteroatoms. The van der Waals surface area contributed by atoms with Crippen molar-refractivity contribution in [3.8, 4) is 5.88 Å². The number of benzene rings is 1. The van der Waals surface area contributed by atoms with Gasteiger partial charge in [-0.05, 0) is 44.0 Å². The highest BCUT2D eigenvalue weighted by Crippen LogP contribution is 2.39. The lowest BCUT2D eigenvalue weighted by Gasteiger charge is -2.15. The number of aliphatic hydroxyl groups is 1. The Bertz CT molecular complexity index is 750. The van der Waals surface area contributed by atoms with Crippen LogP contribution in [0.25, 0.3) is 0 Å². The maximum atomic E-state index is 13.0. The number of halogens is 3. The molecule has 26 heavy (non-hydrogen) atoms. The molecule has 0 amide bonds. The van der Waals surface area contributed by atoms with Crippen molar-refractivity contribution in [3.63, 3.8) is 0 Å². The van der Waals surface area contributed by atoms with E-state index in [1.54, 1.807) is 0 Å². The first-order valence-electron chi connectivity index (χ1n) is 8.10. The molecule has 1 aromatic carbocycles. The summed E-state index contributed by atoms with van der Waals surface area (Å²) in [7, 11) is 0. The van der Waals surface area contributed by atoms with Crippen LogP contribution in [0.2, 0.25) is 0 Å². The van der Waals surface area contributed by atoms with Crippen molar-refractivity contribution in [1.82, 2.24) is 9.97 Å². The Balaban J connectivity index is 1.75. The summed E-state index contributed by atoms with van der Waals surface area (Å²) in [4.78, 5) is 8.67. The van der Waals surface area contributed by atoms with Gasteiger partial charge in [0.25, 0.3) is 0 Å². The summed E-state index contributed by atoms with van der Waals surface area (Å²) >= 11 is 1.81. The van der Waals surface area contributed by atoms with E-state index in [0.717, 1.165) is 4.90 Å². The summed E-state index contributed by atoms with van der Waals surface area (Å²) in [6.45, 7) is 1.11. The van der Waals surface area contributed by atoms with Gasteiger partial charge in [-0.2, -0.15) is 18.2 Å². The van der Waals surface area contributed by atoms with Crippen LogP contribution in [0.5, 0.6) is 5.88 Å². The third-order valence-corrected chi connectivity index (χ3v) is 4.81. The number of rotatable bonds is 7. The first-order valence-corrected chi connectivity index (χ1v) is 8.98. The van der Waals surface area contributed by atoms with E-state index >= 15 is 0 Å². The molecule has 0 unspecified atom stereocenters. The molecule has 0 radical (unpaired) electrons. The summed E-state index contributed by atoms with van der Waals surface area (Å²) in [5.41, 5.74) is -0.425. The van der Waals surface area contributed by atoms with Crippen LogP contribution < -0.4 is 10.1 Å². The van der Waals surface area contributed by atoms with Crippen LogP contribution >= 0.6 is 11.8 Å². The lowest BCUT2D eigenvalue weighted by atomic mass is 10.3. The summed E-state index contributed by atoms with van der Waals surface area (Å²) < 4.78 is 44.1. The fourth-order valence-corrected chi connectivity index (χ4v) is 3.10. The second-order valence-electron chi connectivity index (χ2n) is 6.04. The lowest BCUT2D eigenvalue weighted by molar-refractivity contribution is -0.139. The Morgan fingerprint density at radius 1 is 1.31 bits per heavy atom. The molecule has 3 rings (SSSR count). The van der Waals surface area contributed by atoms with E-state index in [9.17, 15) is 18.3 Å². The van der Waals surface area contributed by atoms with Crippen LogP contribution in [0.1, 0.15) is 25.3 Å². The van der Waals surface area contributed by atoms with Gasteiger partial charge < -0.3 is 15.2 Å². The summed E-state index contributed by atoms with van der Waals surface area (Å²) in [6.07, 6.45) is -2.42. The predicted octanol–water partition coefficient (Wildman–Crippen LogP) is 4.25. The Kier molecular flexibility index (Phi) is 5.57. The van der Waals surface area contributed by atoms with Gasteiger partial charge in [0, 0.05) is 22.0 Å². The smallest absolute Gasteiger partial charge is 0.423 e. The number of nitrogens with zero attached hydrogens (tertiary/aromatic N) is 2. The molecule has 140 valence electrons. The molecule has 1 saturated carbocycles. The first kappa shape index (κ1) is 18.8. The zero-order chi connectivity index (χ0) is 18.7. The molecule has 1 aliphatic rings. The minimum Gasteiger partial charge on any atom is -0.474 e. The molecule has 0 aliphatic heterocycles. The van der Waals surface area contributed by atoms with Gasteiger partial charge in [0.15, 0.2) is 0 Å². The number of nitrogens with one attached hydrogen (secondary N) is 1. The quantitative estimate of drug-likeness (QED) is 0.743. The molecule has 5 nitrogen and oxygen atoms in total. The molecular formula is C17H18F3N3O2S. The minimum atomic E-state index is -4.64. The Labute approximate surface area is 153 Å². The topological polar surface area (TPSA) is 67.3 Å². The maximum absolute atomic E-state index is 13.0. The molecule has 1 heterocycles. The molecule has 1 fully saturated rings. The number of thioether (sulfide) groups is 1. The molecular weight excluding hydrogens is 367 g/mol. The van der Waals surface area contributed by atoms with E-state index in [0.29, 0.717) is 17.1 Å². The predicted molar refractivity (Wildman–Crippen MR) is 92.8 cm³/mol. The van der Waals surface area contributed by atoms with Gasteiger partial charge >= 0.3 is 6.18 Å². The standard InChI is InChI=1S/C17H18F3N3O2S/c1-10(24)9-25-15-14(17(18,19)20)8-21-16(23-15)22-11-2-4-12(5-3-11)26-13-6-7-13/h2-5,8,10,13,24H,6-7,9H2,1H3,(H,21,22,23)/t10-/m1/s1. The zero-order valence-electron chi connectivity index (χ0n) is 14.0. The van der Waals surface area contributed by atoms with Gasteiger partial charge in [-0.25, -0.2) is 4.98 Å². The second-order valence-corrected chi connectivity index (χ2v) is 7.41. The third-order valence-electron chi connectivity index (χ3n) is 3.46. The number of anilines is 2. The Morgan fingerprint density at radius 3 is 2.58 bits per heavy atom. The maximum Gasteiger partial charge on any atom is 0.423 e. The van der Waals surface area contributed by atoms with E-state index in [1.807, 2.05) is 36.0 Å². The molecule has 0 saturated heterocycles. The molecule has 1 atom stereocenters. The highest BCUT2D eigenvalue weighted by atomic mass is 32.2. The highest BCUT2D eigenvalue weighted by molar-refractivity contribution is 8.00. The molecule has 2 aromatic rings. The molecule has 1 aromatic heterocycles. The molecule has 0 bridgehead atoms. The van der Waals surface area contributed by atoms with Crippen LogP contribution in [-0.4, -0.2) is 33.0 Å². The second kappa shape index (κ2) is 7.71. The van der Waals surface area contributed by atoms with Gasteiger partial charge in [0.2, 0.25) is 11.8 Å². The number of aromatic nitrogens is 2. The Hall–Kier alpha value is -2.00. The van der Waals surface area contributed by atoms with E-state index in [4.69, 9.17) is 4.74 Å². The largest absolute Gasteiger partial charge is 0.474 e. The van der Waals surface area contributed by atoms with Crippen molar-refractivity contribution in [1.29, 1.82) is 0 Å². The van der Waals surface area contributed by atoms with E-state index in [-0.39, 0.29) is 12.6 Å². The van der Waals surface area contributed by atoms with Gasteiger partial charge in [-0.15, -0.1) is 11.8 Å². The number of aliphatic hydroxyl groups excluding tert-OH is 1.